The largest absolute Gasteiger partial charge is 0.401 e. The van der Waals surface area contributed by atoms with E-state index in [2.05, 4.69) is 6.08 Å². The number of rotatable bonds is 0. The van der Waals surface area contributed by atoms with E-state index in [0.717, 1.165) is 10.9 Å². The van der Waals surface area contributed by atoms with Gasteiger partial charge in [-0.3, -0.25) is 0 Å². The molecular weight excluding hydrogens is 118 g/mol. The van der Waals surface area contributed by atoms with Crippen molar-refractivity contribution in [2.75, 3.05) is 0 Å². The van der Waals surface area contributed by atoms with Crippen molar-refractivity contribution < 1.29 is 0 Å². The molecule has 0 amide bonds. The Morgan fingerprint density at radius 3 is 3.12 bits per heavy atom. The van der Waals surface area contributed by atoms with Gasteiger partial charge in [-0.2, -0.15) is 0 Å². The third-order valence-corrected chi connectivity index (χ3v) is 2.73. The van der Waals surface area contributed by atoms with Crippen molar-refractivity contribution >= 4 is 11.8 Å². The van der Waals surface area contributed by atoms with Crippen LogP contribution >= 0.6 is 11.8 Å². The Bertz CT molecular complexity index is 171. The summed E-state index contributed by atoms with van der Waals surface area (Å²) < 4.78 is 0. The Balaban J connectivity index is 2.30. The van der Waals surface area contributed by atoms with Crippen molar-refractivity contribution in [3.63, 3.8) is 0 Å². The monoisotopic (exact) mass is 125 g/mol. The summed E-state index contributed by atoms with van der Waals surface area (Å²) in [4.78, 5) is 0. The zero-order valence-electron chi connectivity index (χ0n) is 4.37. The molecule has 0 aromatic carbocycles. The smallest absolute Gasteiger partial charge is 0.0602 e. The summed E-state index contributed by atoms with van der Waals surface area (Å²) in [7, 11) is 0. The second-order valence-corrected chi connectivity index (χ2v) is 3.40. The maximum Gasteiger partial charge on any atom is 0.0602 e. The summed E-state index contributed by atoms with van der Waals surface area (Å²) in [5.41, 5.74) is 6.65. The van der Waals surface area contributed by atoms with Crippen LogP contribution in [-0.4, -0.2) is 10.5 Å². The quantitative estimate of drug-likeness (QED) is 0.486. The van der Waals surface area contributed by atoms with Gasteiger partial charge < -0.3 is 5.73 Å². The lowest BCUT2D eigenvalue weighted by Gasteiger charge is -1.96. The number of allylic oxidation sites excluding steroid dienone is 2. The molecule has 8 heavy (non-hydrogen) atoms. The highest BCUT2D eigenvalue weighted by molar-refractivity contribution is 8.08. The molecule has 2 unspecified atom stereocenters. The highest BCUT2D eigenvalue weighted by atomic mass is 32.2. The average Bonchev–Trinajstić information content (AvgIpc) is 2.45. The molecule has 1 aliphatic heterocycles. The molecule has 1 nitrogen and oxygen atoms in total. The molecule has 0 aromatic rings. The third kappa shape index (κ3) is 0.494. The molecule has 0 radical (unpaired) electrons. The molecule has 1 fully saturated rings. The minimum atomic E-state index is 0.639. The van der Waals surface area contributed by atoms with Gasteiger partial charge in [-0.1, -0.05) is 12.2 Å². The molecule has 42 valence electrons. The van der Waals surface area contributed by atoms with Crippen molar-refractivity contribution in [1.82, 2.24) is 0 Å². The lowest BCUT2D eigenvalue weighted by Crippen LogP contribution is -2.07. The molecule has 0 spiro atoms. The zero-order valence-corrected chi connectivity index (χ0v) is 5.19. The minimum absolute atomic E-state index is 0.639. The Kier molecular flexibility index (Phi) is 0.742. The summed E-state index contributed by atoms with van der Waals surface area (Å²) in [5, 5.41) is 1.36. The fraction of sp³-hybridized carbons (Fsp3) is 0.333. The van der Waals surface area contributed by atoms with Gasteiger partial charge in [0, 0.05) is 10.9 Å². The molecular formula is C6H7NS. The van der Waals surface area contributed by atoms with E-state index in [1.165, 1.54) is 0 Å². The fourth-order valence-corrected chi connectivity index (χ4v) is 1.82. The summed E-state index contributed by atoms with van der Waals surface area (Å²) in [6, 6.07) is 0. The van der Waals surface area contributed by atoms with Gasteiger partial charge in [0.2, 0.25) is 0 Å². The SMILES string of the molecule is NC1=CC=CC2SC12. The van der Waals surface area contributed by atoms with Crippen molar-refractivity contribution in [1.29, 1.82) is 0 Å². The summed E-state index contributed by atoms with van der Waals surface area (Å²) in [6.07, 6.45) is 6.23. The van der Waals surface area contributed by atoms with Crippen molar-refractivity contribution in [3.05, 3.63) is 23.9 Å². The normalized spacial score (nSPS) is 40.8. The molecule has 1 heterocycles. The van der Waals surface area contributed by atoms with Crippen LogP contribution in [0.15, 0.2) is 23.9 Å². The zero-order chi connectivity index (χ0) is 5.56. The van der Waals surface area contributed by atoms with E-state index < -0.39 is 0 Å². The van der Waals surface area contributed by atoms with Gasteiger partial charge in [-0.15, -0.1) is 11.8 Å². The van der Waals surface area contributed by atoms with Gasteiger partial charge >= 0.3 is 0 Å². The van der Waals surface area contributed by atoms with Gasteiger partial charge in [-0.05, 0) is 6.08 Å². The second-order valence-electron chi connectivity index (χ2n) is 2.07. The third-order valence-electron chi connectivity index (χ3n) is 1.44. The van der Waals surface area contributed by atoms with Crippen LogP contribution in [0.5, 0.6) is 0 Å². The summed E-state index contributed by atoms with van der Waals surface area (Å²) in [5.74, 6) is 0. The van der Waals surface area contributed by atoms with E-state index in [9.17, 15) is 0 Å². The summed E-state index contributed by atoms with van der Waals surface area (Å²) in [6.45, 7) is 0. The van der Waals surface area contributed by atoms with Crippen molar-refractivity contribution in [3.8, 4) is 0 Å². The van der Waals surface area contributed by atoms with Crippen LogP contribution in [0.25, 0.3) is 0 Å². The van der Waals surface area contributed by atoms with Gasteiger partial charge in [-0.25, -0.2) is 0 Å². The molecule has 0 aromatic heterocycles. The second kappa shape index (κ2) is 1.32. The van der Waals surface area contributed by atoms with Gasteiger partial charge in [0.15, 0.2) is 0 Å². The lowest BCUT2D eigenvalue weighted by atomic mass is 10.1. The Morgan fingerprint density at radius 2 is 2.50 bits per heavy atom. The first-order chi connectivity index (χ1) is 3.88. The number of thioether (sulfide) groups is 1. The van der Waals surface area contributed by atoms with Crippen LogP contribution in [0.2, 0.25) is 0 Å². The molecule has 1 aliphatic carbocycles. The Morgan fingerprint density at radius 1 is 1.62 bits per heavy atom. The highest BCUT2D eigenvalue weighted by Gasteiger charge is 2.39. The van der Waals surface area contributed by atoms with Crippen LogP contribution in [0.3, 0.4) is 0 Å². The fourth-order valence-electron chi connectivity index (χ4n) is 0.909. The maximum atomic E-state index is 5.61. The van der Waals surface area contributed by atoms with E-state index in [-0.39, 0.29) is 0 Å². The molecule has 0 bridgehead atoms. The van der Waals surface area contributed by atoms with E-state index in [1.807, 2.05) is 23.9 Å². The van der Waals surface area contributed by atoms with E-state index >= 15 is 0 Å². The van der Waals surface area contributed by atoms with Crippen LogP contribution < -0.4 is 5.73 Å². The topological polar surface area (TPSA) is 26.0 Å². The highest BCUT2D eigenvalue weighted by Crippen LogP contribution is 2.47. The molecule has 2 heteroatoms. The first-order valence-electron chi connectivity index (χ1n) is 2.67. The molecule has 2 aliphatic rings. The van der Waals surface area contributed by atoms with Crippen LogP contribution in [0.4, 0.5) is 0 Å². The lowest BCUT2D eigenvalue weighted by molar-refractivity contribution is 1.08. The molecule has 0 saturated carbocycles. The predicted octanol–water partition coefficient (Wildman–Crippen LogP) is 0.883. The molecule has 2 N–H and O–H groups in total. The number of hydrogen-bond acceptors (Lipinski definition) is 2. The van der Waals surface area contributed by atoms with Crippen molar-refractivity contribution in [2.24, 2.45) is 5.73 Å². The summed E-state index contributed by atoms with van der Waals surface area (Å²) >= 11 is 1.93. The number of nitrogens with two attached hydrogens (primary N) is 1. The predicted molar refractivity (Wildman–Crippen MR) is 36.6 cm³/mol. The Hall–Kier alpha value is -0.370. The van der Waals surface area contributed by atoms with Gasteiger partial charge in [0.25, 0.3) is 0 Å². The van der Waals surface area contributed by atoms with Gasteiger partial charge in [0.1, 0.15) is 0 Å². The van der Waals surface area contributed by atoms with Crippen molar-refractivity contribution in [2.45, 2.75) is 10.5 Å². The van der Waals surface area contributed by atoms with E-state index in [4.69, 9.17) is 5.73 Å². The van der Waals surface area contributed by atoms with Gasteiger partial charge in [0.05, 0.1) is 5.25 Å². The molecule has 2 atom stereocenters. The number of hydrogen-bond donors (Lipinski definition) is 1. The maximum absolute atomic E-state index is 5.61. The standard InChI is InChI=1S/C6H7NS/c7-4-2-1-3-5-6(4)8-5/h1-3,5-6H,7H2. The van der Waals surface area contributed by atoms with E-state index in [1.54, 1.807) is 0 Å². The first-order valence-corrected chi connectivity index (χ1v) is 3.61. The van der Waals surface area contributed by atoms with Crippen LogP contribution in [-0.2, 0) is 0 Å². The first kappa shape index (κ1) is 4.50. The number of fused-ring (bicyclic) bond motifs is 1. The van der Waals surface area contributed by atoms with Crippen LogP contribution in [0.1, 0.15) is 0 Å². The average molecular weight is 125 g/mol. The molecule has 1 saturated heterocycles. The minimum Gasteiger partial charge on any atom is -0.401 e. The molecule has 2 rings (SSSR count). The Labute approximate surface area is 52.6 Å². The van der Waals surface area contributed by atoms with Crippen LogP contribution in [0, 0.1) is 0 Å². The van der Waals surface area contributed by atoms with E-state index in [0.29, 0.717) is 5.25 Å².